The fourth-order valence-corrected chi connectivity index (χ4v) is 4.98. The highest BCUT2D eigenvalue weighted by Gasteiger charge is 2.19. The molecule has 0 aliphatic carbocycles. The van der Waals surface area contributed by atoms with Crippen LogP contribution in [0.5, 0.6) is 0 Å². The van der Waals surface area contributed by atoms with Crippen molar-refractivity contribution in [2.24, 2.45) is 4.36 Å². The molecule has 4 rings (SSSR count). The lowest BCUT2D eigenvalue weighted by molar-refractivity contribution is 0.158. The van der Waals surface area contributed by atoms with Gasteiger partial charge in [0.1, 0.15) is 5.39 Å². The maximum Gasteiger partial charge on any atom is 0.278 e. The molecule has 3 aromatic rings. The number of nitrogens with zero attached hydrogens (tertiary/aromatic N) is 6. The molecule has 1 aliphatic rings. The molecular weight excluding hydrogens is 412 g/mol. The number of pyridine rings is 1. The first-order chi connectivity index (χ1) is 14.0. The number of rotatable bonds is 5. The second-order valence-corrected chi connectivity index (χ2v) is 9.64. The van der Waals surface area contributed by atoms with Crippen LogP contribution in [0.3, 0.4) is 0 Å². The van der Waals surface area contributed by atoms with Crippen LogP contribution in [0.4, 0.5) is 5.82 Å². The van der Waals surface area contributed by atoms with Gasteiger partial charge in [-0.25, -0.2) is 28.5 Å². The topological polar surface area (TPSA) is 104 Å². The van der Waals surface area contributed by atoms with E-state index in [2.05, 4.69) is 25.9 Å². The van der Waals surface area contributed by atoms with Gasteiger partial charge in [0.05, 0.1) is 41.0 Å². The van der Waals surface area contributed by atoms with E-state index in [4.69, 9.17) is 4.74 Å². The third-order valence-corrected chi connectivity index (χ3v) is 7.12. The average Bonchev–Trinajstić information content (AvgIpc) is 3.00. The number of hydrogen-bond acceptors (Lipinski definition) is 8. The van der Waals surface area contributed by atoms with Crippen LogP contribution in [0.2, 0.25) is 0 Å². The van der Waals surface area contributed by atoms with Crippen molar-refractivity contribution in [1.82, 2.24) is 24.3 Å². The molecule has 11 heteroatoms. The molecule has 0 aromatic carbocycles. The first-order valence-corrected chi connectivity index (χ1v) is 12.0. The summed E-state index contributed by atoms with van der Waals surface area (Å²) in [7, 11) is -2.40. The number of fused-ring (bicyclic) bond motifs is 1. The molecule has 0 N–H and O–H groups in total. The molecule has 0 amide bonds. The van der Waals surface area contributed by atoms with Gasteiger partial charge in [0.15, 0.2) is 22.4 Å². The smallest absolute Gasteiger partial charge is 0.278 e. The fraction of sp³-hybridized carbons (Fsp3) is 0.333. The molecular formula is C18H20N6O3S2. The van der Waals surface area contributed by atoms with Crippen LogP contribution in [-0.4, -0.2) is 59.5 Å². The standard InChI is InChI=1S/C18H20N6O3S2/c1-3-7-23-17(25)13-12-19-18(28-2)21-16(13)24(23)15-6-4-5-14(20-15)22-29(26)10-8-27-9-11-29/h3-6,12H,1,7-11H2,2H3. The largest absolute Gasteiger partial charge is 0.379 e. The Morgan fingerprint density at radius 1 is 1.34 bits per heavy atom. The zero-order chi connectivity index (χ0) is 20.4. The third kappa shape index (κ3) is 3.85. The Morgan fingerprint density at radius 2 is 2.14 bits per heavy atom. The number of ether oxygens (including phenoxy) is 1. The summed E-state index contributed by atoms with van der Waals surface area (Å²) in [4.78, 5) is 26.1. The number of aromatic nitrogens is 5. The predicted octanol–water partition coefficient (Wildman–Crippen LogP) is 2.01. The van der Waals surface area contributed by atoms with Gasteiger partial charge >= 0.3 is 0 Å². The second kappa shape index (κ2) is 8.09. The van der Waals surface area contributed by atoms with Gasteiger partial charge in [-0.3, -0.25) is 4.79 Å². The van der Waals surface area contributed by atoms with Gasteiger partial charge in [-0.2, -0.15) is 4.36 Å². The number of allylic oxidation sites excluding steroid dienone is 1. The van der Waals surface area contributed by atoms with Crippen molar-refractivity contribution in [3.63, 3.8) is 0 Å². The summed E-state index contributed by atoms with van der Waals surface area (Å²) in [5, 5.41) is 0.942. The monoisotopic (exact) mass is 432 g/mol. The Balaban J connectivity index is 1.91. The van der Waals surface area contributed by atoms with E-state index in [1.165, 1.54) is 22.6 Å². The minimum atomic E-state index is -2.40. The van der Waals surface area contributed by atoms with Crippen molar-refractivity contribution in [2.45, 2.75) is 11.7 Å². The molecule has 0 radical (unpaired) electrons. The van der Waals surface area contributed by atoms with E-state index in [1.807, 2.05) is 6.26 Å². The van der Waals surface area contributed by atoms with Crippen molar-refractivity contribution in [3.8, 4) is 5.82 Å². The van der Waals surface area contributed by atoms with E-state index in [0.717, 1.165) is 0 Å². The summed E-state index contributed by atoms with van der Waals surface area (Å²) in [6.45, 7) is 4.87. The summed E-state index contributed by atoms with van der Waals surface area (Å²) in [5.74, 6) is 1.59. The highest BCUT2D eigenvalue weighted by molar-refractivity contribution is 7.98. The van der Waals surface area contributed by atoms with Crippen LogP contribution in [0, 0.1) is 0 Å². The van der Waals surface area contributed by atoms with Crippen LogP contribution in [0.1, 0.15) is 0 Å². The van der Waals surface area contributed by atoms with Gasteiger partial charge in [-0.15, -0.1) is 6.58 Å². The Labute approximate surface area is 172 Å². The number of hydrogen-bond donors (Lipinski definition) is 0. The summed E-state index contributed by atoms with van der Waals surface area (Å²) in [6.07, 6.45) is 5.03. The SMILES string of the molecule is C=CCn1c(=O)c2cnc(SC)nc2n1-c1cccc(N=S2(=O)CCOCC2)n1. The molecule has 3 aromatic heterocycles. The normalized spacial score (nSPS) is 16.0. The van der Waals surface area contributed by atoms with E-state index in [1.54, 1.807) is 29.0 Å². The molecule has 1 fully saturated rings. The van der Waals surface area contributed by atoms with Gasteiger partial charge in [0.25, 0.3) is 5.56 Å². The molecule has 0 saturated carbocycles. The summed E-state index contributed by atoms with van der Waals surface area (Å²) in [6, 6.07) is 5.24. The van der Waals surface area contributed by atoms with Gasteiger partial charge in [-0.1, -0.05) is 23.9 Å². The molecule has 0 spiro atoms. The third-order valence-electron chi connectivity index (χ3n) is 4.43. The van der Waals surface area contributed by atoms with Crippen molar-refractivity contribution in [3.05, 3.63) is 47.4 Å². The molecule has 1 saturated heterocycles. The quantitative estimate of drug-likeness (QED) is 0.345. The van der Waals surface area contributed by atoms with E-state index >= 15 is 0 Å². The van der Waals surface area contributed by atoms with Crippen LogP contribution < -0.4 is 5.56 Å². The number of thioether (sulfide) groups is 1. The molecule has 0 bridgehead atoms. The van der Waals surface area contributed by atoms with Gasteiger partial charge in [0, 0.05) is 6.20 Å². The Morgan fingerprint density at radius 3 is 2.86 bits per heavy atom. The molecule has 152 valence electrons. The molecule has 1 aliphatic heterocycles. The van der Waals surface area contributed by atoms with Crippen LogP contribution in [0.15, 0.2) is 51.4 Å². The minimum absolute atomic E-state index is 0.230. The van der Waals surface area contributed by atoms with Gasteiger partial charge in [-0.05, 0) is 18.4 Å². The maximum atomic E-state index is 12.9. The van der Waals surface area contributed by atoms with E-state index in [-0.39, 0.29) is 12.1 Å². The molecule has 0 unspecified atom stereocenters. The van der Waals surface area contributed by atoms with Crippen molar-refractivity contribution < 1.29 is 8.95 Å². The van der Waals surface area contributed by atoms with Crippen molar-refractivity contribution in [1.29, 1.82) is 0 Å². The average molecular weight is 433 g/mol. The van der Waals surface area contributed by atoms with Crippen LogP contribution in [0.25, 0.3) is 16.9 Å². The highest BCUT2D eigenvalue weighted by atomic mass is 32.2. The predicted molar refractivity (Wildman–Crippen MR) is 114 cm³/mol. The second-order valence-electron chi connectivity index (χ2n) is 6.32. The van der Waals surface area contributed by atoms with E-state index in [9.17, 15) is 9.00 Å². The molecule has 0 atom stereocenters. The Bertz CT molecular complexity index is 1240. The lowest BCUT2D eigenvalue weighted by Gasteiger charge is -2.16. The zero-order valence-electron chi connectivity index (χ0n) is 15.9. The van der Waals surface area contributed by atoms with Crippen molar-refractivity contribution >= 4 is 38.3 Å². The summed E-state index contributed by atoms with van der Waals surface area (Å²) < 4.78 is 25.7. The molecule has 4 heterocycles. The zero-order valence-corrected chi connectivity index (χ0v) is 17.5. The highest BCUT2D eigenvalue weighted by Crippen LogP contribution is 2.20. The lowest BCUT2D eigenvalue weighted by atomic mass is 10.4. The maximum absolute atomic E-state index is 12.9. The Hall–Kier alpha value is -2.50. The first kappa shape index (κ1) is 19.8. The van der Waals surface area contributed by atoms with Crippen LogP contribution in [-0.2, 0) is 21.0 Å². The lowest BCUT2D eigenvalue weighted by Crippen LogP contribution is -2.25. The summed E-state index contributed by atoms with van der Waals surface area (Å²) >= 11 is 1.39. The van der Waals surface area contributed by atoms with Crippen LogP contribution >= 0.6 is 11.8 Å². The van der Waals surface area contributed by atoms with Gasteiger partial charge < -0.3 is 4.74 Å². The molecule has 9 nitrogen and oxygen atoms in total. The van der Waals surface area contributed by atoms with E-state index < -0.39 is 9.73 Å². The fourth-order valence-electron chi connectivity index (χ4n) is 3.06. The Kier molecular flexibility index (Phi) is 5.52. The molecule has 29 heavy (non-hydrogen) atoms. The minimum Gasteiger partial charge on any atom is -0.379 e. The van der Waals surface area contributed by atoms with Gasteiger partial charge in [0.2, 0.25) is 0 Å². The van der Waals surface area contributed by atoms with Crippen molar-refractivity contribution in [2.75, 3.05) is 31.0 Å². The van der Waals surface area contributed by atoms with E-state index in [0.29, 0.717) is 52.5 Å². The first-order valence-electron chi connectivity index (χ1n) is 8.96. The summed E-state index contributed by atoms with van der Waals surface area (Å²) in [5.41, 5.74) is 0.225.